The number of aliphatic carboxylic acids is 1. The van der Waals surface area contributed by atoms with Gasteiger partial charge in [-0.3, -0.25) is 14.4 Å². The van der Waals surface area contributed by atoms with E-state index in [0.29, 0.717) is 11.4 Å². The van der Waals surface area contributed by atoms with Crippen LogP contribution < -0.4 is 10.6 Å². The first-order valence-electron chi connectivity index (χ1n) is 12.9. The smallest absolute Gasteiger partial charge is 0.481 e. The van der Waals surface area contributed by atoms with Gasteiger partial charge in [0.15, 0.2) is 0 Å². The lowest BCUT2D eigenvalue weighted by Gasteiger charge is -2.35. The third kappa shape index (κ3) is 8.95. The third-order valence-electron chi connectivity index (χ3n) is 5.85. The third-order valence-corrected chi connectivity index (χ3v) is 5.85. The highest BCUT2D eigenvalue weighted by Crippen LogP contribution is 2.22. The summed E-state index contributed by atoms with van der Waals surface area (Å²) in [7, 11) is 0. The van der Waals surface area contributed by atoms with Crippen molar-refractivity contribution in [1.29, 1.82) is 0 Å². The van der Waals surface area contributed by atoms with Crippen molar-refractivity contribution in [2.45, 2.75) is 45.7 Å². The van der Waals surface area contributed by atoms with E-state index in [1.54, 1.807) is 13.0 Å². The Morgan fingerprint density at radius 3 is 2.36 bits per heavy atom. The lowest BCUT2D eigenvalue weighted by atomic mass is 10.1. The van der Waals surface area contributed by atoms with Gasteiger partial charge in [-0.25, -0.2) is 9.78 Å². The average Bonchev–Trinajstić information content (AvgIpc) is 2.91. The first kappa shape index (κ1) is 29.4. The molecule has 0 bridgehead atoms. The van der Waals surface area contributed by atoms with Crippen molar-refractivity contribution in [2.24, 2.45) is 0 Å². The number of ether oxygens (including phenoxy) is 1. The molecular formula is C27H35N5O7. The van der Waals surface area contributed by atoms with Crippen molar-refractivity contribution < 1.29 is 33.9 Å². The molecule has 1 saturated heterocycles. The van der Waals surface area contributed by atoms with Gasteiger partial charge in [-0.2, -0.15) is 0 Å². The second-order valence-corrected chi connectivity index (χ2v) is 9.28. The number of pyridine rings is 1. The lowest BCUT2D eigenvalue weighted by molar-refractivity contribution is -0.157. The van der Waals surface area contributed by atoms with Gasteiger partial charge in [0, 0.05) is 36.8 Å². The van der Waals surface area contributed by atoms with Gasteiger partial charge >= 0.3 is 12.1 Å². The van der Waals surface area contributed by atoms with E-state index < -0.39 is 30.0 Å². The maximum atomic E-state index is 13.3. The molecule has 1 aromatic carbocycles. The van der Waals surface area contributed by atoms with Gasteiger partial charge < -0.3 is 30.2 Å². The molecule has 2 amide bonds. The van der Waals surface area contributed by atoms with Crippen LogP contribution in [0.1, 0.15) is 44.1 Å². The van der Waals surface area contributed by atoms with Gasteiger partial charge in [0.05, 0.1) is 25.4 Å². The van der Waals surface area contributed by atoms with Crippen LogP contribution in [-0.2, 0) is 19.2 Å². The number of aromatic nitrogens is 1. The van der Waals surface area contributed by atoms with Crippen molar-refractivity contribution in [3.63, 3.8) is 0 Å². The molecule has 0 unspecified atom stereocenters. The number of carbonyl (C=O) groups is 4. The molecule has 12 nitrogen and oxygen atoms in total. The number of nitrogens with one attached hydrogen (secondary N) is 2. The number of carboxylic acids is 1. The number of nitrogens with zero attached hydrogens (tertiary/aromatic N) is 3. The van der Waals surface area contributed by atoms with E-state index in [2.05, 4.69) is 15.6 Å². The molecule has 1 atom stereocenters. The molecule has 0 spiro atoms. The summed E-state index contributed by atoms with van der Waals surface area (Å²) in [6, 6.07) is 11.9. The maximum Gasteiger partial charge on any atom is 0.527 e. The number of piperazine rings is 1. The molecule has 1 fully saturated rings. The number of carbonyl (C=O) groups excluding carboxylic acids is 3. The molecule has 2 aromatic rings. The Bertz CT molecular complexity index is 1150. The zero-order valence-electron chi connectivity index (χ0n) is 22.4. The highest BCUT2D eigenvalue weighted by atomic mass is 16.8. The van der Waals surface area contributed by atoms with E-state index in [-0.39, 0.29) is 57.4 Å². The van der Waals surface area contributed by atoms with Crippen LogP contribution in [0.4, 0.5) is 10.5 Å². The van der Waals surface area contributed by atoms with Crippen LogP contribution in [-0.4, -0.2) is 88.9 Å². The molecule has 1 aliphatic heterocycles. The van der Waals surface area contributed by atoms with Crippen molar-refractivity contribution in [3.8, 4) is 11.3 Å². The normalized spacial score (nSPS) is 14.4. The molecule has 39 heavy (non-hydrogen) atoms. The Kier molecular flexibility index (Phi) is 10.6. The van der Waals surface area contributed by atoms with E-state index in [9.17, 15) is 24.3 Å². The topological polar surface area (TPSA) is 150 Å². The molecule has 1 aliphatic rings. The fourth-order valence-electron chi connectivity index (χ4n) is 4.05. The van der Waals surface area contributed by atoms with Crippen molar-refractivity contribution >= 4 is 29.6 Å². The van der Waals surface area contributed by atoms with Crippen LogP contribution in [0.25, 0.3) is 11.3 Å². The fraction of sp³-hybridized carbons (Fsp3) is 0.444. The predicted molar refractivity (Wildman–Crippen MR) is 143 cm³/mol. The number of anilines is 1. The minimum atomic E-state index is -1.08. The molecular weight excluding hydrogens is 506 g/mol. The summed E-state index contributed by atoms with van der Waals surface area (Å²) in [4.78, 5) is 60.6. The monoisotopic (exact) mass is 541 g/mol. The number of hydrogen-bond donors (Lipinski definition) is 3. The minimum absolute atomic E-state index is 0.0884. The standard InChI is InChI=1S/C27H35N5O7/c1-4-38-27(37)39-32-14-12-31(13-15-32)26(36)21(10-11-24(33)34)30-25(35)23-17-20(28-18(2)3)16-22(29-23)19-8-6-5-7-9-19/h5-9,16-18,21H,4,10-15H2,1-3H3,(H,28,29)(H,30,35)(H,33,34)/t21-/m0/s1. The van der Waals surface area contributed by atoms with Crippen LogP contribution in [0.15, 0.2) is 42.5 Å². The van der Waals surface area contributed by atoms with Gasteiger partial charge in [0.1, 0.15) is 11.7 Å². The minimum Gasteiger partial charge on any atom is -0.481 e. The van der Waals surface area contributed by atoms with Gasteiger partial charge in [0.2, 0.25) is 5.91 Å². The molecule has 3 N–H and O–H groups in total. The van der Waals surface area contributed by atoms with Gasteiger partial charge in [-0.15, -0.1) is 5.06 Å². The highest BCUT2D eigenvalue weighted by Gasteiger charge is 2.31. The number of amides is 2. The van der Waals surface area contributed by atoms with Crippen LogP contribution in [0.5, 0.6) is 0 Å². The molecule has 12 heteroatoms. The number of rotatable bonds is 11. The van der Waals surface area contributed by atoms with Crippen molar-refractivity contribution in [2.75, 3.05) is 38.1 Å². The summed E-state index contributed by atoms with van der Waals surface area (Å²) in [6.07, 6.45) is -1.21. The number of hydroxylamine groups is 2. The zero-order valence-corrected chi connectivity index (χ0v) is 22.4. The molecule has 1 aromatic heterocycles. The molecule has 3 rings (SSSR count). The van der Waals surface area contributed by atoms with E-state index in [1.165, 1.54) is 9.96 Å². The Hall–Kier alpha value is -4.19. The quantitative estimate of drug-likeness (QED) is 0.362. The Morgan fingerprint density at radius 1 is 1.05 bits per heavy atom. The molecule has 2 heterocycles. The second kappa shape index (κ2) is 14.1. The van der Waals surface area contributed by atoms with E-state index in [1.807, 2.05) is 50.2 Å². The molecule has 0 saturated carbocycles. The Labute approximate surface area is 227 Å². The molecule has 0 radical (unpaired) electrons. The highest BCUT2D eigenvalue weighted by molar-refractivity contribution is 5.97. The van der Waals surface area contributed by atoms with Crippen molar-refractivity contribution in [1.82, 2.24) is 20.3 Å². The average molecular weight is 542 g/mol. The van der Waals surface area contributed by atoms with Crippen molar-refractivity contribution in [3.05, 3.63) is 48.2 Å². The molecule has 0 aliphatic carbocycles. The number of benzene rings is 1. The van der Waals surface area contributed by atoms with Crippen LogP contribution in [0.2, 0.25) is 0 Å². The summed E-state index contributed by atoms with van der Waals surface area (Å²) in [6.45, 7) is 6.73. The maximum absolute atomic E-state index is 13.3. The molecule has 210 valence electrons. The van der Waals surface area contributed by atoms with Crippen LogP contribution in [0, 0.1) is 0 Å². The van der Waals surface area contributed by atoms with Gasteiger partial charge in [0.25, 0.3) is 5.91 Å². The van der Waals surface area contributed by atoms with E-state index in [4.69, 9.17) is 9.57 Å². The summed E-state index contributed by atoms with van der Waals surface area (Å²) < 4.78 is 4.77. The van der Waals surface area contributed by atoms with Crippen LogP contribution in [0.3, 0.4) is 0 Å². The van der Waals surface area contributed by atoms with Crippen LogP contribution >= 0.6 is 0 Å². The first-order valence-corrected chi connectivity index (χ1v) is 12.9. The Morgan fingerprint density at radius 2 is 1.74 bits per heavy atom. The second-order valence-electron chi connectivity index (χ2n) is 9.28. The number of hydrogen-bond acceptors (Lipinski definition) is 9. The number of carboxylic acid groups (broad SMARTS) is 1. The largest absolute Gasteiger partial charge is 0.527 e. The van der Waals surface area contributed by atoms with Gasteiger partial charge in [-0.05, 0) is 39.3 Å². The summed E-state index contributed by atoms with van der Waals surface area (Å²) in [5, 5.41) is 16.6. The lowest BCUT2D eigenvalue weighted by Crippen LogP contribution is -2.55. The summed E-state index contributed by atoms with van der Waals surface area (Å²) in [5.41, 5.74) is 2.19. The predicted octanol–water partition coefficient (Wildman–Crippen LogP) is 2.76. The SMILES string of the molecule is CCOC(=O)ON1CCN(C(=O)[C@H](CCC(=O)O)NC(=O)c2cc(NC(C)C)cc(-c3ccccc3)n2)CC1. The summed E-state index contributed by atoms with van der Waals surface area (Å²) >= 11 is 0. The van der Waals surface area contributed by atoms with Gasteiger partial charge in [-0.1, -0.05) is 30.3 Å². The van der Waals surface area contributed by atoms with E-state index in [0.717, 1.165) is 5.56 Å². The van der Waals surface area contributed by atoms with E-state index >= 15 is 0 Å². The summed E-state index contributed by atoms with van der Waals surface area (Å²) in [5.74, 6) is -2.09. The zero-order chi connectivity index (χ0) is 28.4. The fourth-order valence-corrected chi connectivity index (χ4v) is 4.05. The Balaban J connectivity index is 1.76. The first-order chi connectivity index (χ1) is 18.7.